The average Bonchev–Trinajstić information content (AvgIpc) is 2.44. The number of nitrogens with one attached hydrogen (secondary N) is 1. The molecule has 1 aromatic carbocycles. The molecule has 0 unspecified atom stereocenters. The van der Waals surface area contributed by atoms with Gasteiger partial charge in [-0.1, -0.05) is 12.1 Å². The van der Waals surface area contributed by atoms with Crippen molar-refractivity contribution in [1.82, 2.24) is 4.98 Å². The van der Waals surface area contributed by atoms with Gasteiger partial charge in [0, 0.05) is 19.0 Å². The summed E-state index contributed by atoms with van der Waals surface area (Å²) in [4.78, 5) is 4.31. The van der Waals surface area contributed by atoms with Gasteiger partial charge in [0.25, 0.3) is 0 Å². The summed E-state index contributed by atoms with van der Waals surface area (Å²) in [7, 11) is -1.67. The highest BCUT2D eigenvalue weighted by atomic mass is 32.2. The Morgan fingerprint density at radius 3 is 2.67 bits per heavy atom. The van der Waals surface area contributed by atoms with E-state index >= 15 is 0 Å². The zero-order valence-corrected chi connectivity index (χ0v) is 13.1. The van der Waals surface area contributed by atoms with Crippen molar-refractivity contribution in [2.24, 2.45) is 0 Å². The largest absolute Gasteiger partial charge is 0.496 e. The van der Waals surface area contributed by atoms with Crippen molar-refractivity contribution in [3.63, 3.8) is 0 Å². The number of aryl methyl sites for hydroxylation is 1. The maximum absolute atomic E-state index is 11.7. The van der Waals surface area contributed by atoms with E-state index in [0.29, 0.717) is 12.4 Å². The molecule has 0 aliphatic heterocycles. The van der Waals surface area contributed by atoms with Crippen LogP contribution >= 0.6 is 0 Å². The number of benzene rings is 1. The highest BCUT2D eigenvalue weighted by Crippen LogP contribution is 2.21. The Hall–Kier alpha value is -2.08. The van der Waals surface area contributed by atoms with Crippen molar-refractivity contribution >= 4 is 15.7 Å². The van der Waals surface area contributed by atoms with Gasteiger partial charge in [0.1, 0.15) is 16.5 Å². The van der Waals surface area contributed by atoms with E-state index in [0.717, 1.165) is 16.9 Å². The Morgan fingerprint density at radius 1 is 1.29 bits per heavy atom. The Kier molecular flexibility index (Phi) is 4.47. The summed E-state index contributed by atoms with van der Waals surface area (Å²) in [5.74, 6) is 1.20. The Bertz CT molecular complexity index is 742. The molecule has 5 nitrogen and oxygen atoms in total. The van der Waals surface area contributed by atoms with Gasteiger partial charge >= 0.3 is 0 Å². The fraction of sp³-hybridized carbons (Fsp3) is 0.267. The van der Waals surface area contributed by atoms with Crippen LogP contribution in [0.15, 0.2) is 41.4 Å². The first-order valence-electron chi connectivity index (χ1n) is 6.44. The number of aromatic nitrogens is 1. The number of hydrogen-bond donors (Lipinski definition) is 1. The van der Waals surface area contributed by atoms with Crippen molar-refractivity contribution in [3.05, 3.63) is 47.7 Å². The topological polar surface area (TPSA) is 68.3 Å². The Morgan fingerprint density at radius 2 is 2.05 bits per heavy atom. The number of anilines is 1. The first kappa shape index (κ1) is 15.3. The molecule has 0 atom stereocenters. The van der Waals surface area contributed by atoms with E-state index in [2.05, 4.69) is 10.3 Å². The quantitative estimate of drug-likeness (QED) is 0.918. The van der Waals surface area contributed by atoms with Crippen LogP contribution in [0.1, 0.15) is 11.1 Å². The van der Waals surface area contributed by atoms with Gasteiger partial charge in [-0.15, -0.1) is 0 Å². The molecule has 21 heavy (non-hydrogen) atoms. The van der Waals surface area contributed by atoms with Gasteiger partial charge in [-0.05, 0) is 36.2 Å². The smallest absolute Gasteiger partial charge is 0.179 e. The first-order valence-corrected chi connectivity index (χ1v) is 8.33. The predicted octanol–water partition coefficient (Wildman–Crippen LogP) is 2.41. The molecule has 0 saturated carbocycles. The van der Waals surface area contributed by atoms with Gasteiger partial charge < -0.3 is 10.1 Å². The maximum Gasteiger partial charge on any atom is 0.179 e. The van der Waals surface area contributed by atoms with Crippen LogP contribution in [0.4, 0.5) is 5.82 Å². The van der Waals surface area contributed by atoms with E-state index in [-0.39, 0.29) is 4.90 Å². The van der Waals surface area contributed by atoms with Crippen LogP contribution in [0.5, 0.6) is 5.75 Å². The van der Waals surface area contributed by atoms with Crippen molar-refractivity contribution in [3.8, 4) is 5.75 Å². The third kappa shape index (κ3) is 3.72. The van der Waals surface area contributed by atoms with E-state index in [1.54, 1.807) is 25.4 Å². The fourth-order valence-corrected chi connectivity index (χ4v) is 2.86. The molecular formula is C15H18N2O3S. The lowest BCUT2D eigenvalue weighted by molar-refractivity contribution is 0.411. The molecule has 1 aromatic heterocycles. The SMILES string of the molecule is COc1ccc(CNc2ncccc2S(C)(=O)=O)cc1C. The number of hydrogen-bond acceptors (Lipinski definition) is 5. The molecule has 0 aliphatic rings. The second kappa shape index (κ2) is 6.13. The van der Waals surface area contributed by atoms with Gasteiger partial charge in [0.2, 0.25) is 0 Å². The lowest BCUT2D eigenvalue weighted by atomic mass is 10.1. The van der Waals surface area contributed by atoms with Crippen molar-refractivity contribution in [2.45, 2.75) is 18.4 Å². The summed E-state index contributed by atoms with van der Waals surface area (Å²) in [5.41, 5.74) is 2.06. The number of ether oxygens (including phenoxy) is 1. The van der Waals surface area contributed by atoms with E-state index in [9.17, 15) is 8.42 Å². The lowest BCUT2D eigenvalue weighted by Crippen LogP contribution is -2.08. The van der Waals surface area contributed by atoms with Crippen LogP contribution in [-0.2, 0) is 16.4 Å². The molecule has 0 fully saturated rings. The summed E-state index contributed by atoms with van der Waals surface area (Å²) < 4.78 is 28.6. The Labute approximate surface area is 124 Å². The van der Waals surface area contributed by atoms with E-state index in [1.807, 2.05) is 25.1 Å². The molecule has 0 amide bonds. The molecule has 0 bridgehead atoms. The molecule has 1 heterocycles. The molecule has 0 radical (unpaired) electrons. The number of sulfone groups is 1. The van der Waals surface area contributed by atoms with Gasteiger partial charge in [0.05, 0.1) is 7.11 Å². The van der Waals surface area contributed by atoms with Crippen LogP contribution in [-0.4, -0.2) is 26.8 Å². The van der Waals surface area contributed by atoms with Crippen LogP contribution in [0, 0.1) is 6.92 Å². The van der Waals surface area contributed by atoms with Gasteiger partial charge in [-0.2, -0.15) is 0 Å². The third-order valence-corrected chi connectivity index (χ3v) is 4.22. The minimum Gasteiger partial charge on any atom is -0.496 e. The fourth-order valence-electron chi connectivity index (χ4n) is 2.06. The minimum absolute atomic E-state index is 0.204. The number of methoxy groups -OCH3 is 1. The number of rotatable bonds is 5. The zero-order valence-electron chi connectivity index (χ0n) is 12.3. The zero-order chi connectivity index (χ0) is 15.5. The molecule has 0 saturated heterocycles. The summed E-state index contributed by atoms with van der Waals surface area (Å²) in [6.45, 7) is 2.45. The summed E-state index contributed by atoms with van der Waals surface area (Å²) in [6, 6.07) is 8.97. The molecule has 1 N–H and O–H groups in total. The molecule has 6 heteroatoms. The second-order valence-corrected chi connectivity index (χ2v) is 6.76. The first-order chi connectivity index (χ1) is 9.91. The molecule has 0 spiro atoms. The monoisotopic (exact) mass is 306 g/mol. The second-order valence-electron chi connectivity index (χ2n) is 4.78. The van der Waals surface area contributed by atoms with Crippen molar-refractivity contribution in [1.29, 1.82) is 0 Å². The molecule has 2 rings (SSSR count). The summed E-state index contributed by atoms with van der Waals surface area (Å²) in [6.07, 6.45) is 2.74. The van der Waals surface area contributed by atoms with Crippen molar-refractivity contribution in [2.75, 3.05) is 18.7 Å². The standard InChI is InChI=1S/C15H18N2O3S/c1-11-9-12(6-7-13(11)20-2)10-17-15-14(21(3,18)19)5-4-8-16-15/h4-9H,10H2,1-3H3,(H,16,17). The minimum atomic E-state index is -3.30. The van der Waals surface area contributed by atoms with E-state index in [4.69, 9.17) is 4.74 Å². The van der Waals surface area contributed by atoms with Crippen LogP contribution in [0.25, 0.3) is 0 Å². The normalized spacial score (nSPS) is 11.2. The lowest BCUT2D eigenvalue weighted by Gasteiger charge is -2.11. The predicted molar refractivity (Wildman–Crippen MR) is 82.4 cm³/mol. The van der Waals surface area contributed by atoms with Gasteiger partial charge in [0.15, 0.2) is 9.84 Å². The summed E-state index contributed by atoms with van der Waals surface area (Å²) in [5, 5.41) is 3.07. The van der Waals surface area contributed by atoms with E-state index < -0.39 is 9.84 Å². The van der Waals surface area contributed by atoms with Crippen LogP contribution in [0.2, 0.25) is 0 Å². The molecule has 0 aliphatic carbocycles. The number of nitrogens with zero attached hydrogens (tertiary/aromatic N) is 1. The maximum atomic E-state index is 11.7. The molecule has 112 valence electrons. The number of pyridine rings is 1. The van der Waals surface area contributed by atoms with Crippen molar-refractivity contribution < 1.29 is 13.2 Å². The third-order valence-electron chi connectivity index (χ3n) is 3.09. The Balaban J connectivity index is 2.19. The highest BCUT2D eigenvalue weighted by Gasteiger charge is 2.13. The van der Waals surface area contributed by atoms with Gasteiger partial charge in [-0.3, -0.25) is 0 Å². The average molecular weight is 306 g/mol. The van der Waals surface area contributed by atoms with Crippen LogP contribution < -0.4 is 10.1 Å². The van der Waals surface area contributed by atoms with Crippen LogP contribution in [0.3, 0.4) is 0 Å². The van der Waals surface area contributed by atoms with E-state index in [1.165, 1.54) is 6.26 Å². The molecular weight excluding hydrogens is 288 g/mol. The highest BCUT2D eigenvalue weighted by molar-refractivity contribution is 7.90. The molecule has 2 aromatic rings. The van der Waals surface area contributed by atoms with Gasteiger partial charge in [-0.25, -0.2) is 13.4 Å². The summed E-state index contributed by atoms with van der Waals surface area (Å²) >= 11 is 0.